The second kappa shape index (κ2) is 6.35. The van der Waals surface area contributed by atoms with E-state index in [1.165, 1.54) is 0 Å². The molecule has 0 bridgehead atoms. The van der Waals surface area contributed by atoms with Gasteiger partial charge in [0, 0.05) is 7.11 Å². The largest absolute Gasteiger partial charge is 0.387 e. The second-order valence-corrected chi connectivity index (χ2v) is 3.74. The van der Waals surface area contributed by atoms with E-state index in [1.54, 1.807) is 7.11 Å². The van der Waals surface area contributed by atoms with Crippen LogP contribution in [-0.4, -0.2) is 31.0 Å². The highest BCUT2D eigenvalue weighted by atomic mass is 16.5. The van der Waals surface area contributed by atoms with Gasteiger partial charge < -0.3 is 15.6 Å². The molecule has 3 heteroatoms. The molecule has 13 heavy (non-hydrogen) atoms. The van der Waals surface area contributed by atoms with Crippen molar-refractivity contribution in [2.75, 3.05) is 20.3 Å². The zero-order valence-electron chi connectivity index (χ0n) is 9.05. The summed E-state index contributed by atoms with van der Waals surface area (Å²) < 4.78 is 5.04. The molecule has 0 saturated heterocycles. The Morgan fingerprint density at radius 1 is 1.54 bits per heavy atom. The summed E-state index contributed by atoms with van der Waals surface area (Å²) in [5, 5.41) is 10.2. The lowest BCUT2D eigenvalue weighted by Gasteiger charge is -2.33. The minimum atomic E-state index is -0.692. The van der Waals surface area contributed by atoms with Gasteiger partial charge in [0.2, 0.25) is 0 Å². The van der Waals surface area contributed by atoms with Crippen LogP contribution in [0.1, 0.15) is 33.1 Å². The molecule has 0 saturated carbocycles. The number of ether oxygens (including phenoxy) is 1. The number of methoxy groups -OCH3 is 1. The Labute approximate surface area is 81.3 Å². The minimum Gasteiger partial charge on any atom is -0.387 e. The highest BCUT2D eigenvalue weighted by Crippen LogP contribution is 2.25. The van der Waals surface area contributed by atoms with Gasteiger partial charge in [0.05, 0.1) is 12.2 Å². The standard InChI is InChI=1S/C10H23NO2/c1-4-9(2)10(12,8-13-3)6-5-7-11/h9,12H,4-8,11H2,1-3H3. The fourth-order valence-corrected chi connectivity index (χ4v) is 1.50. The number of aliphatic hydroxyl groups is 1. The zero-order valence-corrected chi connectivity index (χ0v) is 9.05. The Balaban J connectivity index is 4.14. The van der Waals surface area contributed by atoms with Gasteiger partial charge in [0.15, 0.2) is 0 Å². The predicted molar refractivity (Wildman–Crippen MR) is 54.6 cm³/mol. The van der Waals surface area contributed by atoms with Crippen LogP contribution >= 0.6 is 0 Å². The van der Waals surface area contributed by atoms with Crippen molar-refractivity contribution in [3.8, 4) is 0 Å². The molecule has 0 aromatic heterocycles. The number of hydrogen-bond acceptors (Lipinski definition) is 3. The Kier molecular flexibility index (Phi) is 6.29. The van der Waals surface area contributed by atoms with E-state index in [0.29, 0.717) is 13.2 Å². The highest BCUT2D eigenvalue weighted by molar-refractivity contribution is 4.83. The van der Waals surface area contributed by atoms with E-state index in [-0.39, 0.29) is 5.92 Å². The van der Waals surface area contributed by atoms with Crippen LogP contribution in [-0.2, 0) is 4.74 Å². The van der Waals surface area contributed by atoms with Crippen molar-refractivity contribution in [1.82, 2.24) is 0 Å². The van der Waals surface area contributed by atoms with Crippen molar-refractivity contribution in [1.29, 1.82) is 0 Å². The highest BCUT2D eigenvalue weighted by Gasteiger charge is 2.31. The van der Waals surface area contributed by atoms with Crippen LogP contribution in [0.25, 0.3) is 0 Å². The topological polar surface area (TPSA) is 55.5 Å². The van der Waals surface area contributed by atoms with Crippen molar-refractivity contribution in [2.24, 2.45) is 11.7 Å². The van der Waals surface area contributed by atoms with Crippen molar-refractivity contribution < 1.29 is 9.84 Å². The maximum absolute atomic E-state index is 10.2. The summed E-state index contributed by atoms with van der Waals surface area (Å²) in [5.74, 6) is 0.263. The molecule has 0 fully saturated rings. The molecule has 0 amide bonds. The van der Waals surface area contributed by atoms with Gasteiger partial charge in [0.1, 0.15) is 0 Å². The van der Waals surface area contributed by atoms with Crippen molar-refractivity contribution >= 4 is 0 Å². The van der Waals surface area contributed by atoms with Crippen molar-refractivity contribution in [3.05, 3.63) is 0 Å². The van der Waals surface area contributed by atoms with E-state index in [4.69, 9.17) is 10.5 Å². The van der Waals surface area contributed by atoms with Crippen molar-refractivity contribution in [2.45, 2.75) is 38.7 Å². The van der Waals surface area contributed by atoms with Gasteiger partial charge in [-0.2, -0.15) is 0 Å². The normalized spacial score (nSPS) is 18.2. The van der Waals surface area contributed by atoms with Gasteiger partial charge in [-0.3, -0.25) is 0 Å². The molecule has 0 aliphatic rings. The molecule has 0 aliphatic heterocycles. The molecule has 2 unspecified atom stereocenters. The zero-order chi connectivity index (χ0) is 10.3. The summed E-state index contributed by atoms with van der Waals surface area (Å²) in [5.41, 5.74) is 4.73. The molecule has 0 rings (SSSR count). The summed E-state index contributed by atoms with van der Waals surface area (Å²) in [6, 6.07) is 0. The van der Waals surface area contributed by atoms with Crippen LogP contribution in [0, 0.1) is 5.92 Å². The number of hydrogen-bond donors (Lipinski definition) is 2. The quantitative estimate of drug-likeness (QED) is 0.631. The van der Waals surface area contributed by atoms with Gasteiger partial charge in [-0.15, -0.1) is 0 Å². The summed E-state index contributed by atoms with van der Waals surface area (Å²) >= 11 is 0. The molecule has 0 aromatic carbocycles. The molecule has 2 atom stereocenters. The van der Waals surface area contributed by atoms with Gasteiger partial charge in [-0.05, 0) is 25.3 Å². The van der Waals surface area contributed by atoms with Crippen molar-refractivity contribution in [3.63, 3.8) is 0 Å². The minimum absolute atomic E-state index is 0.263. The Morgan fingerprint density at radius 2 is 2.15 bits per heavy atom. The average molecular weight is 189 g/mol. The molecule has 0 aliphatic carbocycles. The van der Waals surface area contributed by atoms with E-state index in [2.05, 4.69) is 13.8 Å². The van der Waals surface area contributed by atoms with Crippen LogP contribution < -0.4 is 5.73 Å². The van der Waals surface area contributed by atoms with Crippen LogP contribution in [0.4, 0.5) is 0 Å². The summed E-state index contributed by atoms with van der Waals surface area (Å²) in [6.07, 6.45) is 2.54. The molecule has 0 radical (unpaired) electrons. The molecule has 0 spiro atoms. The third-order valence-electron chi connectivity index (χ3n) is 2.74. The SMILES string of the molecule is CCC(C)C(O)(CCCN)COC. The summed E-state index contributed by atoms with van der Waals surface area (Å²) in [7, 11) is 1.62. The van der Waals surface area contributed by atoms with Gasteiger partial charge in [-0.1, -0.05) is 20.3 Å². The van der Waals surface area contributed by atoms with Gasteiger partial charge in [0.25, 0.3) is 0 Å². The van der Waals surface area contributed by atoms with Crippen LogP contribution in [0.15, 0.2) is 0 Å². The maximum atomic E-state index is 10.2. The number of rotatable bonds is 7. The maximum Gasteiger partial charge on any atom is 0.0905 e. The first kappa shape index (κ1) is 12.9. The first-order chi connectivity index (χ1) is 6.10. The lowest BCUT2D eigenvalue weighted by atomic mass is 9.84. The van der Waals surface area contributed by atoms with E-state index in [0.717, 1.165) is 19.3 Å². The van der Waals surface area contributed by atoms with Crippen LogP contribution in [0.3, 0.4) is 0 Å². The average Bonchev–Trinajstić information content (AvgIpc) is 2.14. The summed E-state index contributed by atoms with van der Waals surface area (Å²) in [4.78, 5) is 0. The number of nitrogens with two attached hydrogens (primary N) is 1. The van der Waals surface area contributed by atoms with E-state index < -0.39 is 5.60 Å². The lowest BCUT2D eigenvalue weighted by molar-refractivity contribution is -0.0764. The lowest BCUT2D eigenvalue weighted by Crippen LogP contribution is -2.41. The predicted octanol–water partition coefficient (Wildman–Crippen LogP) is 1.15. The molecular weight excluding hydrogens is 166 g/mol. The van der Waals surface area contributed by atoms with E-state index >= 15 is 0 Å². The van der Waals surface area contributed by atoms with Crippen LogP contribution in [0.5, 0.6) is 0 Å². The third kappa shape index (κ3) is 4.07. The molecular formula is C10H23NO2. The Bertz CT molecular complexity index is 130. The molecule has 3 N–H and O–H groups in total. The molecule has 0 heterocycles. The Hall–Kier alpha value is -0.120. The van der Waals surface area contributed by atoms with Gasteiger partial charge in [-0.25, -0.2) is 0 Å². The molecule has 3 nitrogen and oxygen atoms in total. The first-order valence-corrected chi connectivity index (χ1v) is 5.02. The fraction of sp³-hybridized carbons (Fsp3) is 1.00. The third-order valence-corrected chi connectivity index (χ3v) is 2.74. The fourth-order valence-electron chi connectivity index (χ4n) is 1.50. The van der Waals surface area contributed by atoms with E-state index in [1.807, 2.05) is 0 Å². The summed E-state index contributed by atoms with van der Waals surface area (Å²) in [6.45, 7) is 5.16. The van der Waals surface area contributed by atoms with E-state index in [9.17, 15) is 5.11 Å². The van der Waals surface area contributed by atoms with Crippen LogP contribution in [0.2, 0.25) is 0 Å². The first-order valence-electron chi connectivity index (χ1n) is 5.02. The monoisotopic (exact) mass is 189 g/mol. The Morgan fingerprint density at radius 3 is 2.54 bits per heavy atom. The van der Waals surface area contributed by atoms with Gasteiger partial charge >= 0.3 is 0 Å². The smallest absolute Gasteiger partial charge is 0.0905 e. The second-order valence-electron chi connectivity index (χ2n) is 3.74. The molecule has 80 valence electrons. The molecule has 0 aromatic rings.